The van der Waals surface area contributed by atoms with Crippen LogP contribution in [0.2, 0.25) is 5.02 Å². The summed E-state index contributed by atoms with van der Waals surface area (Å²) in [5.74, 6) is 0.866. The summed E-state index contributed by atoms with van der Waals surface area (Å²) in [5.41, 5.74) is 2.89. The third-order valence-electron chi connectivity index (χ3n) is 2.56. The number of imidazole rings is 1. The molecule has 1 aromatic carbocycles. The second-order valence-corrected chi connectivity index (χ2v) is 5.53. The lowest BCUT2D eigenvalue weighted by Gasteiger charge is -1.90. The molecular weight excluding hydrogens is 254 g/mol. The van der Waals surface area contributed by atoms with Crippen LogP contribution in [0.3, 0.4) is 0 Å². The van der Waals surface area contributed by atoms with E-state index < -0.39 is 0 Å². The lowest BCUT2D eigenvalue weighted by Crippen LogP contribution is -1.79. The molecule has 0 atom stereocenters. The van der Waals surface area contributed by atoms with E-state index >= 15 is 0 Å². The fourth-order valence-corrected chi connectivity index (χ4v) is 2.88. The first kappa shape index (κ1) is 10.7. The van der Waals surface area contributed by atoms with Gasteiger partial charge in [0.25, 0.3) is 0 Å². The summed E-state index contributed by atoms with van der Waals surface area (Å²) in [5, 5.41) is 1.76. The van der Waals surface area contributed by atoms with E-state index in [2.05, 4.69) is 15.0 Å². The highest BCUT2D eigenvalue weighted by Gasteiger charge is 2.11. The monoisotopic (exact) mass is 263 g/mol. The number of hydrogen-bond donors (Lipinski definition) is 1. The number of halogens is 1. The highest BCUT2D eigenvalue weighted by molar-refractivity contribution is 7.15. The SMILES string of the molecule is Cc1nc(C)c(-c2nc3ccc(Cl)cc3[nH]2)s1. The highest BCUT2D eigenvalue weighted by atomic mass is 35.5. The van der Waals surface area contributed by atoms with Crippen LogP contribution in [-0.4, -0.2) is 15.0 Å². The van der Waals surface area contributed by atoms with Gasteiger partial charge in [0.15, 0.2) is 5.82 Å². The number of fused-ring (bicyclic) bond motifs is 1. The third-order valence-corrected chi connectivity index (χ3v) is 3.88. The Hall–Kier alpha value is -1.39. The Kier molecular flexibility index (Phi) is 2.42. The molecule has 0 saturated heterocycles. The van der Waals surface area contributed by atoms with Gasteiger partial charge in [0, 0.05) is 5.02 Å². The number of nitrogens with zero attached hydrogens (tertiary/aromatic N) is 2. The second-order valence-electron chi connectivity index (χ2n) is 3.89. The Morgan fingerprint density at radius 2 is 2.06 bits per heavy atom. The molecule has 0 aliphatic carbocycles. The standard InChI is InChI=1S/C12H10ClN3S/c1-6-11(17-7(2)14-6)12-15-9-4-3-8(13)5-10(9)16-12/h3-5H,1-2H3,(H,15,16). The average Bonchev–Trinajstić information content (AvgIpc) is 2.80. The molecule has 0 radical (unpaired) electrons. The third kappa shape index (κ3) is 1.83. The lowest BCUT2D eigenvalue weighted by molar-refractivity contribution is 1.19. The Morgan fingerprint density at radius 1 is 1.24 bits per heavy atom. The topological polar surface area (TPSA) is 41.6 Å². The van der Waals surface area contributed by atoms with Crippen LogP contribution in [0.1, 0.15) is 10.7 Å². The van der Waals surface area contributed by atoms with Crippen molar-refractivity contribution in [3.63, 3.8) is 0 Å². The number of aromatic nitrogens is 3. The van der Waals surface area contributed by atoms with Gasteiger partial charge in [0.1, 0.15) is 0 Å². The van der Waals surface area contributed by atoms with E-state index in [1.54, 1.807) is 11.3 Å². The molecule has 0 unspecified atom stereocenters. The summed E-state index contributed by atoms with van der Waals surface area (Å²) in [4.78, 5) is 13.3. The van der Waals surface area contributed by atoms with Crippen LogP contribution in [0.15, 0.2) is 18.2 Å². The van der Waals surface area contributed by atoms with Crippen LogP contribution in [-0.2, 0) is 0 Å². The fourth-order valence-electron chi connectivity index (χ4n) is 1.84. The van der Waals surface area contributed by atoms with E-state index in [4.69, 9.17) is 11.6 Å². The molecule has 3 aromatic rings. The van der Waals surface area contributed by atoms with E-state index in [9.17, 15) is 0 Å². The largest absolute Gasteiger partial charge is 0.337 e. The van der Waals surface area contributed by atoms with Gasteiger partial charge in [0.05, 0.1) is 26.6 Å². The van der Waals surface area contributed by atoms with Crippen molar-refractivity contribution in [2.75, 3.05) is 0 Å². The van der Waals surface area contributed by atoms with E-state index in [0.29, 0.717) is 5.02 Å². The molecular formula is C12H10ClN3S. The predicted octanol–water partition coefficient (Wildman–Crippen LogP) is 3.96. The Labute approximate surface area is 107 Å². The van der Waals surface area contributed by atoms with Crippen molar-refractivity contribution >= 4 is 34.0 Å². The summed E-state index contributed by atoms with van der Waals surface area (Å²) in [6.07, 6.45) is 0. The van der Waals surface area contributed by atoms with Crippen LogP contribution in [0.4, 0.5) is 0 Å². The van der Waals surface area contributed by atoms with Crippen molar-refractivity contribution in [1.29, 1.82) is 0 Å². The molecule has 0 saturated carbocycles. The van der Waals surface area contributed by atoms with E-state index in [-0.39, 0.29) is 0 Å². The van der Waals surface area contributed by atoms with E-state index in [1.807, 2.05) is 32.0 Å². The predicted molar refractivity (Wildman–Crippen MR) is 71.7 cm³/mol. The number of rotatable bonds is 1. The first-order valence-corrected chi connectivity index (χ1v) is 6.42. The van der Waals surface area contributed by atoms with Crippen LogP contribution in [0.5, 0.6) is 0 Å². The first-order chi connectivity index (χ1) is 8.13. The number of H-pyrrole nitrogens is 1. The summed E-state index contributed by atoms with van der Waals surface area (Å²) in [7, 11) is 0. The molecule has 1 N–H and O–H groups in total. The molecule has 3 rings (SSSR count). The minimum absolute atomic E-state index is 0.713. The molecule has 17 heavy (non-hydrogen) atoms. The average molecular weight is 264 g/mol. The van der Waals surface area contributed by atoms with Gasteiger partial charge in [-0.2, -0.15) is 0 Å². The first-order valence-electron chi connectivity index (χ1n) is 5.23. The smallest absolute Gasteiger partial charge is 0.150 e. The van der Waals surface area contributed by atoms with Gasteiger partial charge in [-0.25, -0.2) is 9.97 Å². The zero-order valence-electron chi connectivity index (χ0n) is 9.41. The number of hydrogen-bond acceptors (Lipinski definition) is 3. The molecule has 0 aliphatic heterocycles. The quantitative estimate of drug-likeness (QED) is 0.722. The van der Waals surface area contributed by atoms with Gasteiger partial charge in [-0.1, -0.05) is 11.6 Å². The van der Waals surface area contributed by atoms with Crippen LogP contribution < -0.4 is 0 Å². The summed E-state index contributed by atoms with van der Waals surface area (Å²) < 4.78 is 0. The second kappa shape index (κ2) is 3.82. The summed E-state index contributed by atoms with van der Waals surface area (Å²) >= 11 is 7.60. The van der Waals surface area contributed by atoms with Crippen LogP contribution in [0.25, 0.3) is 21.7 Å². The Balaban J connectivity index is 2.21. The number of nitrogens with one attached hydrogen (secondary N) is 1. The molecule has 0 fully saturated rings. The zero-order valence-corrected chi connectivity index (χ0v) is 11.0. The number of aromatic amines is 1. The highest BCUT2D eigenvalue weighted by Crippen LogP contribution is 2.29. The minimum Gasteiger partial charge on any atom is -0.337 e. The molecule has 3 nitrogen and oxygen atoms in total. The van der Waals surface area contributed by atoms with Crippen LogP contribution in [0, 0.1) is 13.8 Å². The molecule has 86 valence electrons. The van der Waals surface area contributed by atoms with Gasteiger partial charge in [-0.05, 0) is 32.0 Å². The molecule has 0 aliphatic rings. The van der Waals surface area contributed by atoms with Crippen molar-refractivity contribution in [3.8, 4) is 10.7 Å². The molecule has 2 aromatic heterocycles. The maximum atomic E-state index is 5.95. The Bertz CT molecular complexity index is 699. The van der Waals surface area contributed by atoms with Gasteiger partial charge >= 0.3 is 0 Å². The van der Waals surface area contributed by atoms with Crippen LogP contribution >= 0.6 is 22.9 Å². The van der Waals surface area contributed by atoms with Crippen molar-refractivity contribution < 1.29 is 0 Å². The molecule has 0 spiro atoms. The number of aryl methyl sites for hydroxylation is 2. The summed E-state index contributed by atoms with van der Waals surface area (Å²) in [6, 6.07) is 5.65. The van der Waals surface area contributed by atoms with Gasteiger partial charge in [-0.15, -0.1) is 11.3 Å². The van der Waals surface area contributed by atoms with Gasteiger partial charge < -0.3 is 4.98 Å². The van der Waals surface area contributed by atoms with E-state index in [0.717, 1.165) is 32.4 Å². The minimum atomic E-state index is 0.713. The molecule has 0 amide bonds. The zero-order chi connectivity index (χ0) is 12.0. The van der Waals surface area contributed by atoms with Gasteiger partial charge in [-0.3, -0.25) is 0 Å². The van der Waals surface area contributed by atoms with Crippen molar-refractivity contribution in [1.82, 2.24) is 15.0 Å². The molecule has 2 heterocycles. The number of thiazole rings is 1. The Morgan fingerprint density at radius 3 is 2.76 bits per heavy atom. The van der Waals surface area contributed by atoms with Crippen molar-refractivity contribution in [3.05, 3.63) is 33.9 Å². The fraction of sp³-hybridized carbons (Fsp3) is 0.167. The van der Waals surface area contributed by atoms with E-state index in [1.165, 1.54) is 0 Å². The van der Waals surface area contributed by atoms with Crippen molar-refractivity contribution in [2.24, 2.45) is 0 Å². The maximum absolute atomic E-state index is 5.95. The number of benzene rings is 1. The summed E-state index contributed by atoms with van der Waals surface area (Å²) in [6.45, 7) is 4.00. The lowest BCUT2D eigenvalue weighted by atomic mass is 10.3. The normalized spacial score (nSPS) is 11.2. The molecule has 5 heteroatoms. The van der Waals surface area contributed by atoms with Crippen molar-refractivity contribution in [2.45, 2.75) is 13.8 Å². The van der Waals surface area contributed by atoms with Gasteiger partial charge in [0.2, 0.25) is 0 Å². The molecule has 0 bridgehead atoms. The maximum Gasteiger partial charge on any atom is 0.150 e.